The van der Waals surface area contributed by atoms with E-state index < -0.39 is 24.0 Å². The molecule has 0 aliphatic carbocycles. The molecular formula is C26H22N2O4. The van der Waals surface area contributed by atoms with Crippen molar-refractivity contribution in [3.63, 3.8) is 0 Å². The SMILES string of the molecule is Cc1ccccc1Cc1cc(Cn2cnc3ccccc32)cc(C(=O)CC(=O)C(=O)O)c1. The van der Waals surface area contributed by atoms with Gasteiger partial charge >= 0.3 is 5.97 Å². The standard InChI is InChI=1S/C26H22N2O4/c1-17-6-2-3-7-20(17)11-18-10-19(13-21(12-18)24(29)14-25(30)26(31)32)15-28-16-27-22-8-4-5-9-23(22)28/h2-10,12-13,16H,11,14-15H2,1H3,(H,31,32). The van der Waals surface area contributed by atoms with E-state index in [1.54, 1.807) is 18.5 Å². The molecule has 0 saturated heterocycles. The van der Waals surface area contributed by atoms with Gasteiger partial charge in [0.1, 0.15) is 0 Å². The normalized spacial score (nSPS) is 10.9. The predicted octanol–water partition coefficient (Wildman–Crippen LogP) is 4.21. The Bertz CT molecular complexity index is 1340. The number of Topliss-reactive ketones (excluding diaryl/α,β-unsaturated/α-hetero) is 2. The lowest BCUT2D eigenvalue weighted by molar-refractivity contribution is -0.148. The number of hydrogen-bond donors (Lipinski definition) is 1. The Morgan fingerprint density at radius 1 is 0.938 bits per heavy atom. The van der Waals surface area contributed by atoms with E-state index in [2.05, 4.69) is 4.98 Å². The first-order valence-electron chi connectivity index (χ1n) is 10.3. The summed E-state index contributed by atoms with van der Waals surface area (Å²) >= 11 is 0. The van der Waals surface area contributed by atoms with E-state index in [0.29, 0.717) is 18.5 Å². The van der Waals surface area contributed by atoms with Gasteiger partial charge in [0.05, 0.1) is 23.8 Å². The van der Waals surface area contributed by atoms with Gasteiger partial charge in [-0.25, -0.2) is 9.78 Å². The average molecular weight is 426 g/mol. The van der Waals surface area contributed by atoms with Crippen LogP contribution in [0.1, 0.15) is 39.0 Å². The summed E-state index contributed by atoms with van der Waals surface area (Å²) in [5.41, 5.74) is 6.28. The van der Waals surface area contributed by atoms with Crippen molar-refractivity contribution in [3.05, 3.63) is 101 Å². The van der Waals surface area contributed by atoms with Crippen LogP contribution in [0.15, 0.2) is 73.1 Å². The second-order valence-corrected chi connectivity index (χ2v) is 7.83. The Morgan fingerprint density at radius 2 is 1.66 bits per heavy atom. The third-order valence-corrected chi connectivity index (χ3v) is 5.47. The molecule has 160 valence electrons. The van der Waals surface area contributed by atoms with Crippen LogP contribution in [0.3, 0.4) is 0 Å². The maximum atomic E-state index is 12.7. The maximum absolute atomic E-state index is 12.7. The number of aliphatic carboxylic acids is 1. The lowest BCUT2D eigenvalue weighted by Crippen LogP contribution is -2.17. The lowest BCUT2D eigenvalue weighted by Gasteiger charge is -2.12. The molecule has 1 heterocycles. The number of rotatable bonds is 8. The first kappa shape index (κ1) is 21.2. The fourth-order valence-electron chi connectivity index (χ4n) is 3.80. The summed E-state index contributed by atoms with van der Waals surface area (Å²) in [5.74, 6) is -3.21. The zero-order valence-corrected chi connectivity index (χ0v) is 17.6. The van der Waals surface area contributed by atoms with Crippen molar-refractivity contribution in [2.75, 3.05) is 0 Å². The molecule has 3 aromatic carbocycles. The second-order valence-electron chi connectivity index (χ2n) is 7.83. The van der Waals surface area contributed by atoms with Gasteiger partial charge in [0.25, 0.3) is 0 Å². The molecule has 32 heavy (non-hydrogen) atoms. The van der Waals surface area contributed by atoms with Crippen LogP contribution in [0.25, 0.3) is 11.0 Å². The molecule has 0 amide bonds. The van der Waals surface area contributed by atoms with Crippen molar-refractivity contribution >= 4 is 28.6 Å². The van der Waals surface area contributed by atoms with Crippen molar-refractivity contribution < 1.29 is 19.5 Å². The zero-order chi connectivity index (χ0) is 22.7. The molecular weight excluding hydrogens is 404 g/mol. The smallest absolute Gasteiger partial charge is 0.372 e. The van der Waals surface area contributed by atoms with E-state index >= 15 is 0 Å². The molecule has 0 unspecified atom stereocenters. The summed E-state index contributed by atoms with van der Waals surface area (Å²) in [6, 6.07) is 21.3. The predicted molar refractivity (Wildman–Crippen MR) is 121 cm³/mol. The number of fused-ring (bicyclic) bond motifs is 1. The summed E-state index contributed by atoms with van der Waals surface area (Å²) in [6.07, 6.45) is 1.73. The summed E-state index contributed by atoms with van der Waals surface area (Å²) in [7, 11) is 0. The Balaban J connectivity index is 1.71. The molecule has 1 N–H and O–H groups in total. The van der Waals surface area contributed by atoms with Gasteiger partial charge in [-0.3, -0.25) is 9.59 Å². The van der Waals surface area contributed by atoms with Crippen molar-refractivity contribution in [1.29, 1.82) is 0 Å². The van der Waals surface area contributed by atoms with Gasteiger partial charge in [-0.2, -0.15) is 0 Å². The Kier molecular flexibility index (Phi) is 5.94. The topological polar surface area (TPSA) is 89.3 Å². The second kappa shape index (κ2) is 8.98. The van der Waals surface area contributed by atoms with Crippen LogP contribution in [0.2, 0.25) is 0 Å². The number of aryl methyl sites for hydroxylation is 1. The van der Waals surface area contributed by atoms with E-state index in [1.165, 1.54) is 0 Å². The van der Waals surface area contributed by atoms with Crippen molar-refractivity contribution in [2.45, 2.75) is 26.3 Å². The molecule has 0 spiro atoms. The molecule has 0 radical (unpaired) electrons. The van der Waals surface area contributed by atoms with Gasteiger partial charge in [0.2, 0.25) is 5.78 Å². The van der Waals surface area contributed by atoms with Crippen molar-refractivity contribution in [2.24, 2.45) is 0 Å². The highest BCUT2D eigenvalue weighted by atomic mass is 16.4. The number of aromatic nitrogens is 2. The summed E-state index contributed by atoms with van der Waals surface area (Å²) in [5, 5.41) is 8.87. The number of para-hydroxylation sites is 2. The number of imidazole rings is 1. The van der Waals surface area contributed by atoms with Gasteiger partial charge in [-0.15, -0.1) is 0 Å². The molecule has 0 fully saturated rings. The third kappa shape index (κ3) is 4.64. The monoisotopic (exact) mass is 426 g/mol. The van der Waals surface area contributed by atoms with Crippen LogP contribution in [0.5, 0.6) is 0 Å². The minimum atomic E-state index is -1.60. The van der Waals surface area contributed by atoms with Crippen molar-refractivity contribution in [1.82, 2.24) is 9.55 Å². The molecule has 0 aliphatic heterocycles. The highest BCUT2D eigenvalue weighted by Gasteiger charge is 2.19. The largest absolute Gasteiger partial charge is 0.475 e. The van der Waals surface area contributed by atoms with Crippen molar-refractivity contribution in [3.8, 4) is 0 Å². The summed E-state index contributed by atoms with van der Waals surface area (Å²) in [4.78, 5) is 39.6. The fraction of sp³-hybridized carbons (Fsp3) is 0.154. The minimum absolute atomic E-state index is 0.338. The molecule has 0 atom stereocenters. The van der Waals surface area contributed by atoms with Crippen LogP contribution in [0.4, 0.5) is 0 Å². The maximum Gasteiger partial charge on any atom is 0.372 e. The van der Waals surface area contributed by atoms with Crippen LogP contribution in [0, 0.1) is 6.92 Å². The first-order valence-corrected chi connectivity index (χ1v) is 10.3. The van der Waals surface area contributed by atoms with Crippen LogP contribution < -0.4 is 0 Å². The number of nitrogens with zero attached hydrogens (tertiary/aromatic N) is 2. The molecule has 4 rings (SSSR count). The van der Waals surface area contributed by atoms with Gasteiger partial charge in [0, 0.05) is 12.1 Å². The number of carboxylic acid groups (broad SMARTS) is 1. The first-order chi connectivity index (χ1) is 15.4. The number of carbonyl (C=O) groups excluding carboxylic acids is 2. The van der Waals surface area contributed by atoms with E-state index in [-0.39, 0.29) is 0 Å². The molecule has 1 aromatic heterocycles. The quantitative estimate of drug-likeness (QED) is 0.259. The van der Waals surface area contributed by atoms with Crippen LogP contribution in [-0.4, -0.2) is 32.2 Å². The molecule has 4 aromatic rings. The summed E-state index contributed by atoms with van der Waals surface area (Å²) < 4.78 is 2.00. The highest BCUT2D eigenvalue weighted by Crippen LogP contribution is 2.21. The lowest BCUT2D eigenvalue weighted by atomic mass is 9.95. The van der Waals surface area contributed by atoms with E-state index in [1.807, 2.05) is 66.1 Å². The summed E-state index contributed by atoms with van der Waals surface area (Å²) in [6.45, 7) is 2.53. The van der Waals surface area contributed by atoms with Crippen LogP contribution in [-0.2, 0) is 22.6 Å². The molecule has 0 bridgehead atoms. The third-order valence-electron chi connectivity index (χ3n) is 5.47. The highest BCUT2D eigenvalue weighted by molar-refractivity contribution is 6.37. The Hall–Kier alpha value is -4.06. The molecule has 0 aliphatic rings. The molecule has 6 nitrogen and oxygen atoms in total. The van der Waals surface area contributed by atoms with Gasteiger partial charge in [0.15, 0.2) is 5.78 Å². The number of carboxylic acids is 1. The average Bonchev–Trinajstić information content (AvgIpc) is 3.18. The van der Waals surface area contributed by atoms with Crippen LogP contribution >= 0.6 is 0 Å². The fourth-order valence-corrected chi connectivity index (χ4v) is 3.80. The number of carbonyl (C=O) groups is 3. The van der Waals surface area contributed by atoms with Gasteiger partial charge in [-0.05, 0) is 59.9 Å². The zero-order valence-electron chi connectivity index (χ0n) is 17.6. The Labute approximate surface area is 185 Å². The van der Waals surface area contributed by atoms with E-state index in [0.717, 1.165) is 33.3 Å². The van der Waals surface area contributed by atoms with E-state index in [9.17, 15) is 14.4 Å². The number of hydrogen-bond acceptors (Lipinski definition) is 4. The minimum Gasteiger partial charge on any atom is -0.475 e. The molecule has 0 saturated carbocycles. The number of benzene rings is 3. The van der Waals surface area contributed by atoms with Gasteiger partial charge in [-0.1, -0.05) is 42.5 Å². The Morgan fingerprint density at radius 3 is 2.44 bits per heavy atom. The molecule has 6 heteroatoms. The van der Waals surface area contributed by atoms with Gasteiger partial charge < -0.3 is 9.67 Å². The van der Waals surface area contributed by atoms with E-state index in [4.69, 9.17) is 5.11 Å². The number of ketones is 2.